The normalized spacial score (nSPS) is 11.6. The van der Waals surface area contributed by atoms with E-state index in [1.54, 1.807) is 18.5 Å². The molecule has 0 aliphatic rings. The molecule has 0 radical (unpaired) electrons. The van der Waals surface area contributed by atoms with Crippen molar-refractivity contribution in [3.8, 4) is 5.82 Å². The molecular formula is C16H16F3N7OS. The lowest BCUT2D eigenvalue weighted by molar-refractivity contribution is -0.137. The summed E-state index contributed by atoms with van der Waals surface area (Å²) in [7, 11) is 1.77. The van der Waals surface area contributed by atoms with E-state index in [0.717, 1.165) is 12.3 Å². The van der Waals surface area contributed by atoms with E-state index in [0.29, 0.717) is 34.8 Å². The number of hydrogen-bond donors (Lipinski definition) is 2. The first-order chi connectivity index (χ1) is 13.2. The summed E-state index contributed by atoms with van der Waals surface area (Å²) in [6, 6.07) is 2.12. The number of halogens is 3. The van der Waals surface area contributed by atoms with Gasteiger partial charge in [-0.25, -0.2) is 9.67 Å². The Kier molecular flexibility index (Phi) is 5.31. The Balaban J connectivity index is 1.69. The van der Waals surface area contributed by atoms with Crippen LogP contribution < -0.4 is 5.32 Å². The molecule has 0 aromatic carbocycles. The molecule has 0 bridgehead atoms. The van der Waals surface area contributed by atoms with E-state index in [4.69, 9.17) is 12.2 Å². The molecule has 148 valence electrons. The summed E-state index contributed by atoms with van der Waals surface area (Å²) in [6.07, 6.45) is -1.91. The van der Waals surface area contributed by atoms with E-state index in [1.165, 1.54) is 16.9 Å². The molecule has 0 saturated heterocycles. The maximum absolute atomic E-state index is 12.6. The van der Waals surface area contributed by atoms with Crippen LogP contribution in [0.4, 0.5) is 13.2 Å². The minimum Gasteiger partial charge on any atom is -0.351 e. The zero-order valence-corrected chi connectivity index (χ0v) is 15.7. The lowest BCUT2D eigenvalue weighted by Gasteiger charge is -2.08. The second-order valence-corrected chi connectivity index (χ2v) is 6.35. The van der Waals surface area contributed by atoms with Gasteiger partial charge in [0.15, 0.2) is 10.6 Å². The molecule has 2 N–H and O–H groups in total. The van der Waals surface area contributed by atoms with Crippen LogP contribution in [0.1, 0.15) is 27.4 Å². The molecule has 0 atom stereocenters. The minimum absolute atomic E-state index is 0.186. The van der Waals surface area contributed by atoms with Gasteiger partial charge in [0, 0.05) is 26.2 Å². The van der Waals surface area contributed by atoms with Crippen molar-refractivity contribution in [2.45, 2.75) is 19.5 Å². The monoisotopic (exact) mass is 411 g/mol. The van der Waals surface area contributed by atoms with Gasteiger partial charge in [0.2, 0.25) is 0 Å². The molecule has 12 heteroatoms. The summed E-state index contributed by atoms with van der Waals surface area (Å²) >= 11 is 5.03. The van der Waals surface area contributed by atoms with Crippen molar-refractivity contribution in [1.29, 1.82) is 0 Å². The number of carbonyl (C=O) groups excluding carboxylic acids is 1. The van der Waals surface area contributed by atoms with Crippen LogP contribution in [0.2, 0.25) is 0 Å². The van der Waals surface area contributed by atoms with Crippen molar-refractivity contribution >= 4 is 18.1 Å². The Labute approximate surface area is 162 Å². The molecule has 0 aliphatic heterocycles. The average molecular weight is 411 g/mol. The molecule has 0 saturated carbocycles. The molecule has 28 heavy (non-hydrogen) atoms. The average Bonchev–Trinajstić information content (AvgIpc) is 3.18. The predicted molar refractivity (Wildman–Crippen MR) is 95.5 cm³/mol. The van der Waals surface area contributed by atoms with Gasteiger partial charge in [0.1, 0.15) is 5.82 Å². The minimum atomic E-state index is -4.47. The largest absolute Gasteiger partial charge is 0.417 e. The number of carbonyl (C=O) groups is 1. The highest BCUT2D eigenvalue weighted by Crippen LogP contribution is 2.28. The summed E-state index contributed by atoms with van der Waals surface area (Å²) in [4.78, 5) is 16.2. The summed E-state index contributed by atoms with van der Waals surface area (Å²) in [5.41, 5.74) is -0.0900. The number of alkyl halides is 3. The van der Waals surface area contributed by atoms with E-state index >= 15 is 0 Å². The topological polar surface area (TPSA) is 93.4 Å². The molecule has 3 aromatic rings. The lowest BCUT2D eigenvalue weighted by atomic mass is 10.2. The SMILES string of the molecule is Cc1c(C(=O)NCCc2n[nH]c(=S)n2C)cnn1-c1ccc(C(F)(F)F)cn1. The van der Waals surface area contributed by atoms with Gasteiger partial charge in [-0.1, -0.05) is 0 Å². The Morgan fingerprint density at radius 2 is 2.07 bits per heavy atom. The summed E-state index contributed by atoms with van der Waals surface area (Å²) in [5, 5.41) is 13.5. The summed E-state index contributed by atoms with van der Waals surface area (Å²) in [6.45, 7) is 1.97. The Morgan fingerprint density at radius 3 is 2.64 bits per heavy atom. The second kappa shape index (κ2) is 7.54. The van der Waals surface area contributed by atoms with Crippen molar-refractivity contribution in [3.05, 3.63) is 51.9 Å². The Bertz CT molecular complexity index is 1050. The van der Waals surface area contributed by atoms with Crippen molar-refractivity contribution < 1.29 is 18.0 Å². The third-order valence-corrected chi connectivity index (χ3v) is 4.52. The fraction of sp³-hybridized carbons (Fsp3) is 0.312. The zero-order chi connectivity index (χ0) is 20.5. The highest BCUT2D eigenvalue weighted by atomic mass is 32.1. The van der Waals surface area contributed by atoms with Crippen molar-refractivity contribution in [3.63, 3.8) is 0 Å². The van der Waals surface area contributed by atoms with Crippen LogP contribution in [0.15, 0.2) is 24.5 Å². The van der Waals surface area contributed by atoms with Gasteiger partial charge < -0.3 is 9.88 Å². The number of rotatable bonds is 5. The van der Waals surface area contributed by atoms with Crippen LogP contribution >= 0.6 is 12.2 Å². The summed E-state index contributed by atoms with van der Waals surface area (Å²) in [5.74, 6) is 0.533. The van der Waals surface area contributed by atoms with Gasteiger partial charge in [0.05, 0.1) is 23.0 Å². The van der Waals surface area contributed by atoms with Crippen molar-refractivity contribution in [1.82, 2.24) is 34.8 Å². The molecule has 0 aliphatic carbocycles. The molecule has 0 spiro atoms. The standard InChI is InChI=1S/C16H16F3N7OS/c1-9-11(14(27)20-6-5-13-23-24-15(28)25(13)2)8-22-26(9)12-4-3-10(7-21-12)16(17,18)19/h3-4,7-8H,5-6H2,1-2H3,(H,20,27)(H,24,28). The molecular weight excluding hydrogens is 395 g/mol. The van der Waals surface area contributed by atoms with Gasteiger partial charge in [-0.2, -0.15) is 23.4 Å². The Hall–Kier alpha value is -3.02. The highest BCUT2D eigenvalue weighted by molar-refractivity contribution is 7.71. The zero-order valence-electron chi connectivity index (χ0n) is 14.9. The van der Waals surface area contributed by atoms with E-state index in [-0.39, 0.29) is 11.7 Å². The third kappa shape index (κ3) is 3.96. The van der Waals surface area contributed by atoms with Gasteiger partial charge in [0.25, 0.3) is 5.91 Å². The molecule has 3 aromatic heterocycles. The van der Waals surface area contributed by atoms with Crippen LogP contribution in [-0.4, -0.2) is 42.0 Å². The number of pyridine rings is 1. The molecule has 3 heterocycles. The molecule has 0 fully saturated rings. The molecule has 3 rings (SSSR count). The van der Waals surface area contributed by atoms with Crippen LogP contribution in [0, 0.1) is 11.7 Å². The molecule has 1 amide bonds. The fourth-order valence-electron chi connectivity index (χ4n) is 2.53. The van der Waals surface area contributed by atoms with E-state index < -0.39 is 11.7 Å². The number of nitrogens with zero attached hydrogens (tertiary/aromatic N) is 5. The van der Waals surface area contributed by atoms with Crippen LogP contribution in [0.25, 0.3) is 5.82 Å². The van der Waals surface area contributed by atoms with Crippen molar-refractivity contribution in [2.24, 2.45) is 7.05 Å². The van der Waals surface area contributed by atoms with Crippen LogP contribution in [-0.2, 0) is 19.6 Å². The fourth-order valence-corrected chi connectivity index (χ4v) is 2.68. The highest BCUT2D eigenvalue weighted by Gasteiger charge is 2.30. The number of hydrogen-bond acceptors (Lipinski definition) is 5. The van der Waals surface area contributed by atoms with Crippen LogP contribution in [0.5, 0.6) is 0 Å². The number of nitrogens with one attached hydrogen (secondary N) is 2. The maximum atomic E-state index is 12.6. The number of H-pyrrole nitrogens is 1. The quantitative estimate of drug-likeness (QED) is 0.629. The third-order valence-electron chi connectivity index (χ3n) is 4.15. The van der Waals surface area contributed by atoms with E-state index in [9.17, 15) is 18.0 Å². The maximum Gasteiger partial charge on any atom is 0.417 e. The van der Waals surface area contributed by atoms with E-state index in [2.05, 4.69) is 25.6 Å². The second-order valence-electron chi connectivity index (χ2n) is 5.97. The first-order valence-corrected chi connectivity index (χ1v) is 8.56. The Morgan fingerprint density at radius 1 is 1.32 bits per heavy atom. The molecule has 8 nitrogen and oxygen atoms in total. The molecule has 0 unspecified atom stereocenters. The van der Waals surface area contributed by atoms with Gasteiger partial charge >= 0.3 is 6.18 Å². The lowest BCUT2D eigenvalue weighted by Crippen LogP contribution is -2.26. The van der Waals surface area contributed by atoms with Gasteiger partial charge in [-0.15, -0.1) is 0 Å². The van der Waals surface area contributed by atoms with Gasteiger partial charge in [-0.3, -0.25) is 9.89 Å². The van der Waals surface area contributed by atoms with Gasteiger partial charge in [-0.05, 0) is 31.3 Å². The predicted octanol–water partition coefficient (Wildman–Crippen LogP) is 2.36. The first-order valence-electron chi connectivity index (χ1n) is 8.15. The first kappa shape index (κ1) is 19.7. The number of amides is 1. The summed E-state index contributed by atoms with van der Waals surface area (Å²) < 4.78 is 41.5. The number of aromatic nitrogens is 6. The van der Waals surface area contributed by atoms with E-state index in [1.807, 2.05) is 0 Å². The van der Waals surface area contributed by atoms with Crippen molar-refractivity contribution in [2.75, 3.05) is 6.54 Å². The number of aromatic amines is 1. The smallest absolute Gasteiger partial charge is 0.351 e. The van der Waals surface area contributed by atoms with Crippen LogP contribution in [0.3, 0.4) is 0 Å².